The number of aromatic nitrogens is 1. The second kappa shape index (κ2) is 4.82. The summed E-state index contributed by atoms with van der Waals surface area (Å²) in [6, 6.07) is 6.59. The highest BCUT2D eigenvalue weighted by Crippen LogP contribution is 2.25. The van der Waals surface area contributed by atoms with E-state index in [4.69, 9.17) is 9.15 Å². The highest BCUT2D eigenvalue weighted by molar-refractivity contribution is 5.58. The molecule has 0 aliphatic heterocycles. The Hall–Kier alpha value is -1.81. The topological polar surface area (TPSA) is 47.3 Å². The minimum atomic E-state index is 0.692. The van der Waals surface area contributed by atoms with Gasteiger partial charge in [-0.05, 0) is 31.0 Å². The number of nitrogens with one attached hydrogen (secondary N) is 1. The third kappa shape index (κ3) is 2.54. The fourth-order valence-electron chi connectivity index (χ4n) is 1.83. The first kappa shape index (κ1) is 11.3. The standard InChI is InChI=1S/C14H16N2O2/c1-17-13-6-10(7-15-8-13)14-5-4-12(18-14)9-16-11-2-3-11/h4-8,11,16H,2-3,9H2,1H3. The Kier molecular flexibility index (Phi) is 3.02. The zero-order valence-electron chi connectivity index (χ0n) is 10.3. The molecule has 2 aromatic rings. The van der Waals surface area contributed by atoms with Crippen molar-refractivity contribution < 1.29 is 9.15 Å². The molecule has 0 amide bonds. The number of hydrogen-bond donors (Lipinski definition) is 1. The van der Waals surface area contributed by atoms with Crippen LogP contribution in [0.1, 0.15) is 18.6 Å². The van der Waals surface area contributed by atoms with Gasteiger partial charge in [0.2, 0.25) is 0 Å². The van der Waals surface area contributed by atoms with Crippen LogP contribution in [0.5, 0.6) is 5.75 Å². The quantitative estimate of drug-likeness (QED) is 0.878. The third-order valence-corrected chi connectivity index (χ3v) is 3.04. The van der Waals surface area contributed by atoms with Crippen molar-refractivity contribution in [3.8, 4) is 17.1 Å². The fraction of sp³-hybridized carbons (Fsp3) is 0.357. The van der Waals surface area contributed by atoms with Crippen molar-refractivity contribution in [3.63, 3.8) is 0 Å². The van der Waals surface area contributed by atoms with Gasteiger partial charge in [0.1, 0.15) is 17.3 Å². The van der Waals surface area contributed by atoms with Gasteiger partial charge < -0.3 is 14.5 Å². The minimum Gasteiger partial charge on any atom is -0.495 e. The first-order valence-electron chi connectivity index (χ1n) is 6.16. The Morgan fingerprint density at radius 1 is 1.39 bits per heavy atom. The molecular formula is C14H16N2O2. The summed E-state index contributed by atoms with van der Waals surface area (Å²) in [5.74, 6) is 2.52. The smallest absolute Gasteiger partial charge is 0.137 e. The Morgan fingerprint density at radius 2 is 2.28 bits per heavy atom. The van der Waals surface area contributed by atoms with Gasteiger partial charge in [-0.3, -0.25) is 4.98 Å². The highest BCUT2D eigenvalue weighted by atomic mass is 16.5. The summed E-state index contributed by atoms with van der Waals surface area (Å²) in [4.78, 5) is 4.12. The Labute approximate surface area is 106 Å². The zero-order valence-corrected chi connectivity index (χ0v) is 10.3. The summed E-state index contributed by atoms with van der Waals surface area (Å²) in [5.41, 5.74) is 0.937. The molecule has 94 valence electrons. The molecule has 1 aliphatic rings. The molecule has 1 N–H and O–H groups in total. The zero-order chi connectivity index (χ0) is 12.4. The molecular weight excluding hydrogens is 228 g/mol. The largest absolute Gasteiger partial charge is 0.495 e. The SMILES string of the molecule is COc1cncc(-c2ccc(CNC3CC3)o2)c1. The molecule has 2 heterocycles. The molecule has 1 aliphatic carbocycles. The van der Waals surface area contributed by atoms with Crippen molar-refractivity contribution in [3.05, 3.63) is 36.4 Å². The van der Waals surface area contributed by atoms with Gasteiger partial charge >= 0.3 is 0 Å². The molecule has 4 nitrogen and oxygen atoms in total. The second-order valence-corrected chi connectivity index (χ2v) is 4.53. The average Bonchev–Trinajstić information content (AvgIpc) is 3.13. The van der Waals surface area contributed by atoms with E-state index in [0.29, 0.717) is 6.04 Å². The molecule has 0 spiro atoms. The first-order chi connectivity index (χ1) is 8.85. The van der Waals surface area contributed by atoms with Crippen LogP contribution in [-0.4, -0.2) is 18.1 Å². The Morgan fingerprint density at radius 3 is 3.06 bits per heavy atom. The van der Waals surface area contributed by atoms with Crippen LogP contribution in [0.3, 0.4) is 0 Å². The Bertz CT molecular complexity index is 532. The molecule has 0 bridgehead atoms. The van der Waals surface area contributed by atoms with Gasteiger partial charge in [-0.2, -0.15) is 0 Å². The lowest BCUT2D eigenvalue weighted by Crippen LogP contribution is -2.14. The van der Waals surface area contributed by atoms with Crippen molar-refractivity contribution in [2.24, 2.45) is 0 Å². The molecule has 2 aromatic heterocycles. The van der Waals surface area contributed by atoms with Crippen LogP contribution in [0.2, 0.25) is 0 Å². The van der Waals surface area contributed by atoms with Gasteiger partial charge in [-0.1, -0.05) is 0 Å². The van der Waals surface area contributed by atoms with Gasteiger partial charge in [-0.25, -0.2) is 0 Å². The number of furan rings is 1. The van der Waals surface area contributed by atoms with Gasteiger partial charge in [-0.15, -0.1) is 0 Å². The molecule has 0 aromatic carbocycles. The van der Waals surface area contributed by atoms with Gasteiger partial charge in [0.15, 0.2) is 0 Å². The molecule has 4 heteroatoms. The van der Waals surface area contributed by atoms with Crippen LogP contribution in [-0.2, 0) is 6.54 Å². The predicted molar refractivity (Wildman–Crippen MR) is 68.4 cm³/mol. The lowest BCUT2D eigenvalue weighted by molar-refractivity contribution is 0.412. The molecule has 0 saturated heterocycles. The summed E-state index contributed by atoms with van der Waals surface area (Å²) < 4.78 is 10.9. The summed E-state index contributed by atoms with van der Waals surface area (Å²) in [5, 5.41) is 3.43. The van der Waals surface area contributed by atoms with Crippen LogP contribution < -0.4 is 10.1 Å². The van der Waals surface area contributed by atoms with Crippen molar-refractivity contribution >= 4 is 0 Å². The lowest BCUT2D eigenvalue weighted by atomic mass is 10.2. The van der Waals surface area contributed by atoms with Crippen LogP contribution in [0.15, 0.2) is 35.0 Å². The second-order valence-electron chi connectivity index (χ2n) is 4.53. The number of nitrogens with zero attached hydrogens (tertiary/aromatic N) is 1. The van der Waals surface area contributed by atoms with Crippen LogP contribution >= 0.6 is 0 Å². The first-order valence-corrected chi connectivity index (χ1v) is 6.16. The van der Waals surface area contributed by atoms with Crippen molar-refractivity contribution in [2.45, 2.75) is 25.4 Å². The summed E-state index contributed by atoms with van der Waals surface area (Å²) >= 11 is 0. The van der Waals surface area contributed by atoms with E-state index in [0.717, 1.165) is 29.4 Å². The average molecular weight is 244 g/mol. The maximum absolute atomic E-state index is 5.79. The van der Waals surface area contributed by atoms with Crippen molar-refractivity contribution in [1.82, 2.24) is 10.3 Å². The summed E-state index contributed by atoms with van der Waals surface area (Å²) in [7, 11) is 1.63. The molecule has 0 unspecified atom stereocenters. The van der Waals surface area contributed by atoms with Gasteiger partial charge in [0.05, 0.1) is 19.9 Å². The summed E-state index contributed by atoms with van der Waals surface area (Å²) in [6.07, 6.45) is 6.03. The van der Waals surface area contributed by atoms with Gasteiger partial charge in [0.25, 0.3) is 0 Å². The predicted octanol–water partition coefficient (Wildman–Crippen LogP) is 2.60. The number of ether oxygens (including phenoxy) is 1. The van der Waals surface area contributed by atoms with E-state index < -0.39 is 0 Å². The van der Waals surface area contributed by atoms with E-state index in [9.17, 15) is 0 Å². The van der Waals surface area contributed by atoms with Crippen LogP contribution in [0.25, 0.3) is 11.3 Å². The van der Waals surface area contributed by atoms with Crippen LogP contribution in [0, 0.1) is 0 Å². The molecule has 1 saturated carbocycles. The fourth-order valence-corrected chi connectivity index (χ4v) is 1.83. The number of rotatable bonds is 5. The highest BCUT2D eigenvalue weighted by Gasteiger charge is 2.20. The molecule has 1 fully saturated rings. The van der Waals surface area contributed by atoms with E-state index in [2.05, 4.69) is 10.3 Å². The molecule has 3 rings (SSSR count). The summed E-state index contributed by atoms with van der Waals surface area (Å²) in [6.45, 7) is 0.794. The Balaban J connectivity index is 1.74. The lowest BCUT2D eigenvalue weighted by Gasteiger charge is -2.01. The van der Waals surface area contributed by atoms with E-state index in [1.807, 2.05) is 18.2 Å². The number of hydrogen-bond acceptors (Lipinski definition) is 4. The van der Waals surface area contributed by atoms with E-state index in [1.165, 1.54) is 12.8 Å². The van der Waals surface area contributed by atoms with E-state index in [-0.39, 0.29) is 0 Å². The number of methoxy groups -OCH3 is 1. The monoisotopic (exact) mass is 244 g/mol. The molecule has 18 heavy (non-hydrogen) atoms. The maximum atomic E-state index is 5.79. The molecule has 0 atom stereocenters. The molecule has 0 radical (unpaired) electrons. The van der Waals surface area contributed by atoms with Gasteiger partial charge in [0, 0.05) is 17.8 Å². The van der Waals surface area contributed by atoms with Crippen LogP contribution in [0.4, 0.5) is 0 Å². The van der Waals surface area contributed by atoms with Crippen molar-refractivity contribution in [2.75, 3.05) is 7.11 Å². The third-order valence-electron chi connectivity index (χ3n) is 3.04. The maximum Gasteiger partial charge on any atom is 0.137 e. The van der Waals surface area contributed by atoms with E-state index >= 15 is 0 Å². The normalized spacial score (nSPS) is 14.7. The van der Waals surface area contributed by atoms with Crippen molar-refractivity contribution in [1.29, 1.82) is 0 Å². The number of pyridine rings is 1. The minimum absolute atomic E-state index is 0.692. The van der Waals surface area contributed by atoms with E-state index in [1.54, 1.807) is 19.5 Å².